The molecule has 0 amide bonds. The average molecular weight is 269 g/mol. The topological polar surface area (TPSA) is 31.9 Å². The van der Waals surface area contributed by atoms with Gasteiger partial charge in [-0.2, -0.15) is 0 Å². The lowest BCUT2D eigenvalue weighted by Gasteiger charge is -2.32. The van der Waals surface area contributed by atoms with Crippen LogP contribution in [0.4, 0.5) is 0 Å². The molecule has 1 aromatic carbocycles. The van der Waals surface area contributed by atoms with Crippen LogP contribution in [0.25, 0.3) is 0 Å². The lowest BCUT2D eigenvalue weighted by molar-refractivity contribution is 0.175. The number of piperidine rings is 1. The van der Waals surface area contributed by atoms with Crippen molar-refractivity contribution in [2.75, 3.05) is 13.1 Å². The number of H-pyrrole nitrogens is 1. The van der Waals surface area contributed by atoms with Crippen molar-refractivity contribution in [1.82, 2.24) is 14.9 Å². The van der Waals surface area contributed by atoms with E-state index in [4.69, 9.17) is 0 Å². The Kier molecular flexibility index (Phi) is 4.16. The summed E-state index contributed by atoms with van der Waals surface area (Å²) in [5, 5.41) is 0. The predicted octanol–water partition coefficient (Wildman–Crippen LogP) is 3.55. The Bertz CT molecular complexity index is 510. The van der Waals surface area contributed by atoms with Crippen LogP contribution in [0.2, 0.25) is 0 Å². The lowest BCUT2D eigenvalue weighted by atomic mass is 10.0. The molecule has 20 heavy (non-hydrogen) atoms. The van der Waals surface area contributed by atoms with Gasteiger partial charge < -0.3 is 4.98 Å². The van der Waals surface area contributed by atoms with Crippen LogP contribution in [0.5, 0.6) is 0 Å². The minimum Gasteiger partial charge on any atom is -0.348 e. The van der Waals surface area contributed by atoms with Gasteiger partial charge in [-0.25, -0.2) is 4.98 Å². The highest BCUT2D eigenvalue weighted by atomic mass is 15.2. The number of nitrogens with one attached hydrogen (secondary N) is 1. The molecule has 1 N–H and O–H groups in total. The summed E-state index contributed by atoms with van der Waals surface area (Å²) in [5.41, 5.74) is 3.94. The Hall–Kier alpha value is -1.61. The summed E-state index contributed by atoms with van der Waals surface area (Å²) in [6.07, 6.45) is 8.65. The average Bonchev–Trinajstić information content (AvgIpc) is 3.01. The molecule has 3 heteroatoms. The van der Waals surface area contributed by atoms with Gasteiger partial charge in [0.1, 0.15) is 0 Å². The van der Waals surface area contributed by atoms with E-state index in [1.807, 2.05) is 6.20 Å². The molecule has 1 aliphatic heterocycles. The zero-order chi connectivity index (χ0) is 13.8. The maximum absolute atomic E-state index is 4.06. The second-order valence-electron chi connectivity index (χ2n) is 5.77. The number of aromatic amines is 1. The number of imidazole rings is 1. The highest BCUT2D eigenvalue weighted by molar-refractivity contribution is 5.27. The molecule has 1 atom stereocenters. The van der Waals surface area contributed by atoms with Gasteiger partial charge in [0, 0.05) is 24.4 Å². The van der Waals surface area contributed by atoms with Gasteiger partial charge in [0.05, 0.1) is 6.33 Å². The number of benzene rings is 1. The summed E-state index contributed by atoms with van der Waals surface area (Å²) in [6, 6.07) is 9.60. The third-order valence-electron chi connectivity index (χ3n) is 4.35. The van der Waals surface area contributed by atoms with E-state index >= 15 is 0 Å². The molecule has 0 bridgehead atoms. The number of hydrogen-bond donors (Lipinski definition) is 1. The van der Waals surface area contributed by atoms with Crippen LogP contribution in [0.3, 0.4) is 0 Å². The molecule has 2 aromatic rings. The molecule has 1 unspecified atom stereocenters. The minimum absolute atomic E-state index is 0.538. The Morgan fingerprint density at radius 1 is 1.15 bits per heavy atom. The Labute approximate surface area is 121 Å². The number of hydrogen-bond acceptors (Lipinski definition) is 2. The first-order valence-corrected chi connectivity index (χ1v) is 7.63. The maximum Gasteiger partial charge on any atom is 0.0921 e. The molecule has 1 aliphatic rings. The van der Waals surface area contributed by atoms with E-state index in [9.17, 15) is 0 Å². The van der Waals surface area contributed by atoms with Crippen LogP contribution in [0.15, 0.2) is 36.8 Å². The molecule has 1 saturated heterocycles. The number of likely N-dealkylation sites (tertiary alicyclic amines) is 1. The summed E-state index contributed by atoms with van der Waals surface area (Å²) in [7, 11) is 0. The van der Waals surface area contributed by atoms with Crippen LogP contribution in [0, 0.1) is 0 Å². The van der Waals surface area contributed by atoms with E-state index in [0.717, 1.165) is 6.42 Å². The van der Waals surface area contributed by atoms with Crippen LogP contribution in [-0.4, -0.2) is 28.0 Å². The molecule has 2 heterocycles. The first-order valence-electron chi connectivity index (χ1n) is 7.63. The summed E-state index contributed by atoms with van der Waals surface area (Å²) >= 11 is 0. The van der Waals surface area contributed by atoms with Gasteiger partial charge in [0.2, 0.25) is 0 Å². The fraction of sp³-hybridized carbons (Fsp3) is 0.471. The SMILES string of the molecule is CC(c1ccc(Cc2cnc[nH]2)cc1)N1CCCCC1. The van der Waals surface area contributed by atoms with E-state index in [1.165, 1.54) is 49.2 Å². The summed E-state index contributed by atoms with van der Waals surface area (Å²) in [6.45, 7) is 4.82. The molecule has 0 spiro atoms. The highest BCUT2D eigenvalue weighted by Crippen LogP contribution is 2.24. The van der Waals surface area contributed by atoms with Gasteiger partial charge in [0.25, 0.3) is 0 Å². The number of nitrogens with zero attached hydrogens (tertiary/aromatic N) is 2. The van der Waals surface area contributed by atoms with Gasteiger partial charge in [-0.05, 0) is 44.0 Å². The molecule has 3 nitrogen and oxygen atoms in total. The van der Waals surface area contributed by atoms with Gasteiger partial charge in [-0.15, -0.1) is 0 Å². The molecule has 106 valence electrons. The van der Waals surface area contributed by atoms with E-state index in [-0.39, 0.29) is 0 Å². The standard InChI is InChI=1S/C17H23N3/c1-14(20-9-3-2-4-10-20)16-7-5-15(6-8-16)11-17-12-18-13-19-17/h5-8,12-14H,2-4,9-11H2,1H3,(H,18,19). The van der Waals surface area contributed by atoms with Crippen molar-refractivity contribution >= 4 is 0 Å². The van der Waals surface area contributed by atoms with E-state index in [1.54, 1.807) is 6.33 Å². The third kappa shape index (κ3) is 3.10. The van der Waals surface area contributed by atoms with Crippen LogP contribution in [-0.2, 0) is 6.42 Å². The summed E-state index contributed by atoms with van der Waals surface area (Å²) in [5.74, 6) is 0. The molecular formula is C17H23N3. The van der Waals surface area contributed by atoms with Crippen LogP contribution >= 0.6 is 0 Å². The molecule has 0 saturated carbocycles. The van der Waals surface area contributed by atoms with Gasteiger partial charge >= 0.3 is 0 Å². The quantitative estimate of drug-likeness (QED) is 0.920. The number of rotatable bonds is 4. The summed E-state index contributed by atoms with van der Waals surface area (Å²) < 4.78 is 0. The van der Waals surface area contributed by atoms with E-state index < -0.39 is 0 Å². The zero-order valence-electron chi connectivity index (χ0n) is 12.2. The Morgan fingerprint density at radius 2 is 1.90 bits per heavy atom. The van der Waals surface area contributed by atoms with Crippen molar-refractivity contribution in [2.45, 2.75) is 38.6 Å². The Morgan fingerprint density at radius 3 is 2.55 bits per heavy atom. The van der Waals surface area contributed by atoms with E-state index in [2.05, 4.69) is 46.1 Å². The third-order valence-corrected chi connectivity index (χ3v) is 4.35. The van der Waals surface area contributed by atoms with Crippen molar-refractivity contribution in [3.05, 3.63) is 53.6 Å². The van der Waals surface area contributed by atoms with Crippen LogP contribution < -0.4 is 0 Å². The monoisotopic (exact) mass is 269 g/mol. The van der Waals surface area contributed by atoms with Crippen molar-refractivity contribution < 1.29 is 0 Å². The fourth-order valence-electron chi connectivity index (χ4n) is 3.03. The van der Waals surface area contributed by atoms with Crippen molar-refractivity contribution in [1.29, 1.82) is 0 Å². The van der Waals surface area contributed by atoms with Gasteiger partial charge in [-0.1, -0.05) is 30.7 Å². The molecule has 3 rings (SSSR count). The maximum atomic E-state index is 4.06. The fourth-order valence-corrected chi connectivity index (χ4v) is 3.03. The van der Waals surface area contributed by atoms with Crippen LogP contribution in [0.1, 0.15) is 49.0 Å². The van der Waals surface area contributed by atoms with Gasteiger partial charge in [0.15, 0.2) is 0 Å². The number of aromatic nitrogens is 2. The highest BCUT2D eigenvalue weighted by Gasteiger charge is 2.17. The molecule has 1 aromatic heterocycles. The molecule has 0 aliphatic carbocycles. The molecular weight excluding hydrogens is 246 g/mol. The van der Waals surface area contributed by atoms with Gasteiger partial charge in [-0.3, -0.25) is 4.90 Å². The van der Waals surface area contributed by atoms with Crippen molar-refractivity contribution in [3.8, 4) is 0 Å². The molecule has 1 fully saturated rings. The van der Waals surface area contributed by atoms with Crippen molar-refractivity contribution in [3.63, 3.8) is 0 Å². The first-order chi connectivity index (χ1) is 9.83. The predicted molar refractivity (Wildman–Crippen MR) is 81.7 cm³/mol. The minimum atomic E-state index is 0.538. The summed E-state index contributed by atoms with van der Waals surface area (Å²) in [4.78, 5) is 9.82. The lowest BCUT2D eigenvalue weighted by Crippen LogP contribution is -2.32. The Balaban J connectivity index is 1.65. The first kappa shape index (κ1) is 13.4. The van der Waals surface area contributed by atoms with Crippen molar-refractivity contribution in [2.24, 2.45) is 0 Å². The molecule has 0 radical (unpaired) electrons. The second kappa shape index (κ2) is 6.23. The zero-order valence-corrected chi connectivity index (χ0v) is 12.2. The van der Waals surface area contributed by atoms with E-state index in [0.29, 0.717) is 6.04 Å². The smallest absolute Gasteiger partial charge is 0.0921 e. The second-order valence-corrected chi connectivity index (χ2v) is 5.77. The normalized spacial score (nSPS) is 18.1. The largest absolute Gasteiger partial charge is 0.348 e.